The molecule has 0 N–H and O–H groups in total. The molecule has 0 amide bonds. The summed E-state index contributed by atoms with van der Waals surface area (Å²) in [6, 6.07) is 0. The maximum Gasteiger partial charge on any atom is 0.389 e. The summed E-state index contributed by atoms with van der Waals surface area (Å²) in [6.07, 6.45) is -5.36. The van der Waals surface area contributed by atoms with Gasteiger partial charge in [0.15, 0.2) is 5.78 Å². The molecule has 0 saturated carbocycles. The fourth-order valence-corrected chi connectivity index (χ4v) is 1.38. The van der Waals surface area contributed by atoms with Crippen LogP contribution in [-0.4, -0.2) is 24.2 Å². The van der Waals surface area contributed by atoms with E-state index in [1.165, 1.54) is 13.8 Å². The van der Waals surface area contributed by atoms with Crippen molar-refractivity contribution in [3.8, 4) is 0 Å². The number of carbonyl (C=O) groups excluding carboxylic acids is 1. The average molecular weight is 196 g/mol. The third-order valence-corrected chi connectivity index (χ3v) is 2.09. The minimum atomic E-state index is -4.29. The second-order valence-electron chi connectivity index (χ2n) is 3.70. The second kappa shape index (κ2) is 2.97. The van der Waals surface area contributed by atoms with Gasteiger partial charge >= 0.3 is 6.18 Å². The molecule has 1 atom stereocenters. The molecule has 0 aliphatic carbocycles. The van der Waals surface area contributed by atoms with Crippen molar-refractivity contribution in [2.75, 3.05) is 6.61 Å². The van der Waals surface area contributed by atoms with E-state index in [-0.39, 0.29) is 6.61 Å². The number of alkyl halides is 3. The second-order valence-corrected chi connectivity index (χ2v) is 3.70. The van der Waals surface area contributed by atoms with Crippen molar-refractivity contribution in [3.63, 3.8) is 0 Å². The topological polar surface area (TPSA) is 26.3 Å². The highest BCUT2D eigenvalue weighted by Crippen LogP contribution is 2.33. The summed E-state index contributed by atoms with van der Waals surface area (Å²) >= 11 is 0. The van der Waals surface area contributed by atoms with E-state index in [1.807, 2.05) is 0 Å². The van der Waals surface area contributed by atoms with Crippen LogP contribution in [0.1, 0.15) is 20.3 Å². The van der Waals surface area contributed by atoms with Crippen LogP contribution < -0.4 is 0 Å². The van der Waals surface area contributed by atoms with E-state index in [4.69, 9.17) is 4.74 Å². The van der Waals surface area contributed by atoms with Crippen molar-refractivity contribution in [1.82, 2.24) is 0 Å². The van der Waals surface area contributed by atoms with Gasteiger partial charge in [-0.1, -0.05) is 0 Å². The minimum absolute atomic E-state index is 0.120. The van der Waals surface area contributed by atoms with Crippen LogP contribution in [0.4, 0.5) is 13.2 Å². The molecule has 1 fully saturated rings. The lowest BCUT2D eigenvalue weighted by atomic mass is 9.93. The molecule has 0 bridgehead atoms. The Bertz CT molecular complexity index is 220. The molecule has 0 radical (unpaired) electrons. The highest BCUT2D eigenvalue weighted by Gasteiger charge is 2.46. The van der Waals surface area contributed by atoms with Gasteiger partial charge in [-0.2, -0.15) is 13.2 Å². The van der Waals surface area contributed by atoms with Gasteiger partial charge in [0.1, 0.15) is 5.60 Å². The van der Waals surface area contributed by atoms with E-state index < -0.39 is 29.9 Å². The summed E-state index contributed by atoms with van der Waals surface area (Å²) in [5.74, 6) is -1.47. The van der Waals surface area contributed by atoms with Crippen LogP contribution in [0.15, 0.2) is 0 Å². The number of halogens is 3. The van der Waals surface area contributed by atoms with E-state index in [9.17, 15) is 18.0 Å². The predicted molar refractivity (Wildman–Crippen MR) is 39.2 cm³/mol. The van der Waals surface area contributed by atoms with Gasteiger partial charge in [0, 0.05) is 0 Å². The normalized spacial score (nSPS) is 28.1. The maximum absolute atomic E-state index is 11.9. The largest absolute Gasteiger partial charge is 0.389 e. The summed E-state index contributed by atoms with van der Waals surface area (Å²) in [4.78, 5) is 11.3. The minimum Gasteiger partial charge on any atom is -0.367 e. The first-order chi connectivity index (χ1) is 5.72. The Morgan fingerprint density at radius 2 is 2.08 bits per heavy atom. The lowest BCUT2D eigenvalue weighted by molar-refractivity contribution is -0.151. The molecule has 2 nitrogen and oxygen atoms in total. The molecular weight excluding hydrogens is 185 g/mol. The predicted octanol–water partition coefficient (Wildman–Crippen LogP) is 1.93. The van der Waals surface area contributed by atoms with Crippen LogP contribution in [0.25, 0.3) is 0 Å². The zero-order chi connectivity index (χ0) is 10.3. The zero-order valence-corrected chi connectivity index (χ0v) is 7.44. The van der Waals surface area contributed by atoms with Gasteiger partial charge < -0.3 is 4.74 Å². The summed E-state index contributed by atoms with van der Waals surface area (Å²) in [7, 11) is 0. The van der Waals surface area contributed by atoms with Crippen molar-refractivity contribution in [2.24, 2.45) is 5.92 Å². The number of Topliss-reactive ketones (excluding diaryl/α,β-unsaturated/α-hetero) is 1. The Balaban J connectivity index is 2.62. The monoisotopic (exact) mass is 196 g/mol. The van der Waals surface area contributed by atoms with Gasteiger partial charge in [-0.05, 0) is 13.8 Å². The van der Waals surface area contributed by atoms with Crippen LogP contribution in [0.2, 0.25) is 0 Å². The molecule has 5 heteroatoms. The molecule has 1 saturated heterocycles. The van der Waals surface area contributed by atoms with Gasteiger partial charge in [0.05, 0.1) is 18.9 Å². The van der Waals surface area contributed by atoms with Gasteiger partial charge in [-0.15, -0.1) is 0 Å². The van der Waals surface area contributed by atoms with E-state index in [0.29, 0.717) is 0 Å². The first-order valence-electron chi connectivity index (χ1n) is 3.97. The highest BCUT2D eigenvalue weighted by atomic mass is 19.4. The molecule has 1 aliphatic rings. The molecule has 76 valence electrons. The fourth-order valence-electron chi connectivity index (χ4n) is 1.38. The van der Waals surface area contributed by atoms with E-state index in [2.05, 4.69) is 0 Å². The molecule has 1 rings (SSSR count). The zero-order valence-electron chi connectivity index (χ0n) is 7.44. The molecule has 0 aromatic heterocycles. The van der Waals surface area contributed by atoms with Crippen LogP contribution in [-0.2, 0) is 9.53 Å². The molecule has 13 heavy (non-hydrogen) atoms. The van der Waals surface area contributed by atoms with Gasteiger partial charge in [-0.25, -0.2) is 0 Å². The molecule has 1 unspecified atom stereocenters. The summed E-state index contributed by atoms with van der Waals surface area (Å²) in [5.41, 5.74) is -1.05. The highest BCUT2D eigenvalue weighted by molar-refractivity contribution is 5.90. The Morgan fingerprint density at radius 3 is 2.38 bits per heavy atom. The van der Waals surface area contributed by atoms with Crippen molar-refractivity contribution in [1.29, 1.82) is 0 Å². The number of ether oxygens (including phenoxy) is 1. The smallest absolute Gasteiger partial charge is 0.367 e. The molecule has 1 heterocycles. The molecule has 0 spiro atoms. The standard InChI is InChI=1S/C8H11F3O2/c1-7(2)6(12)5(4-13-7)3-8(9,10)11/h5H,3-4H2,1-2H3. The summed E-state index contributed by atoms with van der Waals surface area (Å²) in [6.45, 7) is 2.86. The maximum atomic E-state index is 11.9. The van der Waals surface area contributed by atoms with Crippen molar-refractivity contribution >= 4 is 5.78 Å². The first-order valence-corrected chi connectivity index (χ1v) is 3.97. The number of hydrogen-bond donors (Lipinski definition) is 0. The lowest BCUT2D eigenvalue weighted by Crippen LogP contribution is -2.31. The van der Waals surface area contributed by atoms with Crippen molar-refractivity contribution < 1.29 is 22.7 Å². The Kier molecular flexibility index (Phi) is 2.40. The Hall–Kier alpha value is -0.580. The van der Waals surface area contributed by atoms with Gasteiger partial charge in [0.25, 0.3) is 0 Å². The lowest BCUT2D eigenvalue weighted by Gasteiger charge is -2.14. The van der Waals surface area contributed by atoms with E-state index >= 15 is 0 Å². The SMILES string of the molecule is CC1(C)OCC(CC(F)(F)F)C1=O. The number of hydrogen-bond acceptors (Lipinski definition) is 2. The average Bonchev–Trinajstić information content (AvgIpc) is 2.13. The van der Waals surface area contributed by atoms with Crippen molar-refractivity contribution in [3.05, 3.63) is 0 Å². The summed E-state index contributed by atoms with van der Waals surface area (Å²) in [5, 5.41) is 0. The van der Waals surface area contributed by atoms with Gasteiger partial charge in [0.2, 0.25) is 0 Å². The third-order valence-electron chi connectivity index (χ3n) is 2.09. The summed E-state index contributed by atoms with van der Waals surface area (Å²) < 4.78 is 40.7. The van der Waals surface area contributed by atoms with Crippen LogP contribution in [0.3, 0.4) is 0 Å². The third kappa shape index (κ3) is 2.43. The fraction of sp³-hybridized carbons (Fsp3) is 0.875. The van der Waals surface area contributed by atoms with Crippen LogP contribution >= 0.6 is 0 Å². The first kappa shape index (κ1) is 10.5. The molecule has 0 aromatic carbocycles. The van der Waals surface area contributed by atoms with Crippen LogP contribution in [0, 0.1) is 5.92 Å². The quantitative estimate of drug-likeness (QED) is 0.640. The van der Waals surface area contributed by atoms with Gasteiger partial charge in [-0.3, -0.25) is 4.79 Å². The Labute approximate surface area is 74.1 Å². The van der Waals surface area contributed by atoms with Crippen LogP contribution in [0.5, 0.6) is 0 Å². The number of ketones is 1. The molecule has 0 aromatic rings. The molecule has 1 aliphatic heterocycles. The van der Waals surface area contributed by atoms with E-state index in [1.54, 1.807) is 0 Å². The number of carbonyl (C=O) groups is 1. The molecular formula is C8H11F3O2. The van der Waals surface area contributed by atoms with E-state index in [0.717, 1.165) is 0 Å². The number of rotatable bonds is 1. The Morgan fingerprint density at radius 1 is 1.54 bits per heavy atom. The van der Waals surface area contributed by atoms with Crippen molar-refractivity contribution in [2.45, 2.75) is 32.0 Å².